The number of hydrogen-bond donors (Lipinski definition) is 2. The molecule has 2 rings (SSSR count). The van der Waals surface area contributed by atoms with Crippen LogP contribution < -0.4 is 5.32 Å². The van der Waals surface area contributed by atoms with Crippen molar-refractivity contribution in [2.45, 2.75) is 64.5 Å². The maximum absolute atomic E-state index is 10.5. The molecule has 0 aromatic heterocycles. The summed E-state index contributed by atoms with van der Waals surface area (Å²) in [5, 5.41) is 13.9. The molecule has 2 fully saturated rings. The Labute approximate surface area is 135 Å². The SMILES string of the molecule is CCNC(=NCC(O)(CC)CC)N1CCC(N2CCCC2)C1. The fraction of sp³-hybridized carbons (Fsp3) is 0.941. The largest absolute Gasteiger partial charge is 0.388 e. The second-order valence-electron chi connectivity index (χ2n) is 6.73. The Balaban J connectivity index is 1.95. The summed E-state index contributed by atoms with van der Waals surface area (Å²) in [4.78, 5) is 9.74. The number of guanidine groups is 1. The van der Waals surface area contributed by atoms with Gasteiger partial charge in [0.05, 0.1) is 12.1 Å². The van der Waals surface area contributed by atoms with Crippen LogP contribution in [0.15, 0.2) is 4.99 Å². The molecule has 2 N–H and O–H groups in total. The first-order chi connectivity index (χ1) is 10.6. The molecule has 0 aromatic carbocycles. The zero-order chi connectivity index (χ0) is 16.0. The molecule has 5 heteroatoms. The van der Waals surface area contributed by atoms with Gasteiger partial charge in [0.15, 0.2) is 5.96 Å². The van der Waals surface area contributed by atoms with Gasteiger partial charge >= 0.3 is 0 Å². The third-order valence-corrected chi connectivity index (χ3v) is 5.29. The second kappa shape index (κ2) is 8.16. The molecule has 1 unspecified atom stereocenters. The van der Waals surface area contributed by atoms with Gasteiger partial charge in [0, 0.05) is 25.7 Å². The Morgan fingerprint density at radius 3 is 2.45 bits per heavy atom. The van der Waals surface area contributed by atoms with Crippen molar-refractivity contribution in [3.05, 3.63) is 0 Å². The molecule has 2 aliphatic rings. The van der Waals surface area contributed by atoms with Gasteiger partial charge in [-0.25, -0.2) is 0 Å². The minimum atomic E-state index is -0.658. The normalized spacial score (nSPS) is 24.3. The topological polar surface area (TPSA) is 51.1 Å². The lowest BCUT2D eigenvalue weighted by Crippen LogP contribution is -2.43. The molecule has 0 bridgehead atoms. The van der Waals surface area contributed by atoms with Crippen molar-refractivity contribution in [1.29, 1.82) is 0 Å². The summed E-state index contributed by atoms with van der Waals surface area (Å²) in [6.45, 7) is 12.2. The van der Waals surface area contributed by atoms with E-state index in [1.54, 1.807) is 0 Å². The highest BCUT2D eigenvalue weighted by molar-refractivity contribution is 5.80. The van der Waals surface area contributed by atoms with E-state index in [0.717, 1.165) is 38.4 Å². The Morgan fingerprint density at radius 1 is 1.18 bits per heavy atom. The molecule has 2 heterocycles. The standard InChI is InChI=1S/C17H34N4O/c1-4-17(22,5-2)14-19-16(18-6-3)21-12-9-15(13-21)20-10-7-8-11-20/h15,22H,4-14H2,1-3H3,(H,18,19). The highest BCUT2D eigenvalue weighted by Crippen LogP contribution is 2.21. The van der Waals surface area contributed by atoms with Crippen molar-refractivity contribution >= 4 is 5.96 Å². The van der Waals surface area contributed by atoms with Gasteiger partial charge < -0.3 is 15.3 Å². The molecule has 22 heavy (non-hydrogen) atoms. The van der Waals surface area contributed by atoms with Crippen LogP contribution in [0.4, 0.5) is 0 Å². The first-order valence-corrected chi connectivity index (χ1v) is 9.11. The van der Waals surface area contributed by atoms with Crippen molar-refractivity contribution in [3.63, 3.8) is 0 Å². The number of nitrogens with zero attached hydrogens (tertiary/aromatic N) is 3. The van der Waals surface area contributed by atoms with Gasteiger partial charge in [-0.1, -0.05) is 13.8 Å². The summed E-state index contributed by atoms with van der Waals surface area (Å²) in [5.74, 6) is 0.976. The summed E-state index contributed by atoms with van der Waals surface area (Å²) in [6, 6.07) is 0.683. The Hall–Kier alpha value is -0.810. The lowest BCUT2D eigenvalue weighted by molar-refractivity contribution is 0.0416. The van der Waals surface area contributed by atoms with Gasteiger partial charge in [0.1, 0.15) is 0 Å². The van der Waals surface area contributed by atoms with Crippen LogP contribution >= 0.6 is 0 Å². The number of hydrogen-bond acceptors (Lipinski definition) is 3. The van der Waals surface area contributed by atoms with Crippen LogP contribution in [0.2, 0.25) is 0 Å². The van der Waals surface area contributed by atoms with Gasteiger partial charge in [-0.05, 0) is 52.1 Å². The molecule has 0 saturated carbocycles. The van der Waals surface area contributed by atoms with Crippen LogP contribution in [0.3, 0.4) is 0 Å². The highest BCUT2D eigenvalue weighted by Gasteiger charge is 2.31. The third-order valence-electron chi connectivity index (χ3n) is 5.29. The van der Waals surface area contributed by atoms with Gasteiger partial charge in [-0.3, -0.25) is 9.89 Å². The lowest BCUT2D eigenvalue weighted by atomic mass is 9.98. The fourth-order valence-corrected chi connectivity index (χ4v) is 3.46. The smallest absolute Gasteiger partial charge is 0.194 e. The predicted octanol–water partition coefficient (Wildman–Crippen LogP) is 1.67. The van der Waals surface area contributed by atoms with Gasteiger partial charge in [-0.15, -0.1) is 0 Å². The van der Waals surface area contributed by atoms with Gasteiger partial charge in [-0.2, -0.15) is 0 Å². The molecule has 1 atom stereocenters. The summed E-state index contributed by atoms with van der Waals surface area (Å²) in [6.07, 6.45) is 5.44. The highest BCUT2D eigenvalue weighted by atomic mass is 16.3. The van der Waals surface area contributed by atoms with E-state index in [1.807, 2.05) is 13.8 Å². The van der Waals surface area contributed by atoms with Crippen LogP contribution in [-0.2, 0) is 0 Å². The zero-order valence-corrected chi connectivity index (χ0v) is 14.6. The van der Waals surface area contributed by atoms with Crippen molar-refractivity contribution < 1.29 is 5.11 Å². The quantitative estimate of drug-likeness (QED) is 0.579. The number of nitrogens with one attached hydrogen (secondary N) is 1. The first-order valence-electron chi connectivity index (χ1n) is 9.11. The van der Waals surface area contributed by atoms with E-state index in [9.17, 15) is 5.11 Å². The van der Waals surface area contributed by atoms with Crippen molar-refractivity contribution in [2.75, 3.05) is 39.3 Å². The molecule has 0 amide bonds. The molecule has 128 valence electrons. The van der Waals surface area contributed by atoms with Crippen LogP contribution in [0.1, 0.15) is 52.9 Å². The average Bonchev–Trinajstić information content (AvgIpc) is 3.21. The maximum atomic E-state index is 10.5. The molecule has 0 aliphatic carbocycles. The van der Waals surface area contributed by atoms with E-state index in [1.165, 1.54) is 32.4 Å². The molecule has 0 aromatic rings. The fourth-order valence-electron chi connectivity index (χ4n) is 3.46. The molecule has 2 saturated heterocycles. The summed E-state index contributed by atoms with van der Waals surface area (Å²) in [5.41, 5.74) is -0.658. The van der Waals surface area contributed by atoms with Gasteiger partial charge in [0.2, 0.25) is 0 Å². The maximum Gasteiger partial charge on any atom is 0.194 e. The van der Waals surface area contributed by atoms with E-state index in [2.05, 4.69) is 22.0 Å². The molecular weight excluding hydrogens is 276 g/mol. The Morgan fingerprint density at radius 2 is 1.86 bits per heavy atom. The Bertz CT molecular complexity index is 362. The third kappa shape index (κ3) is 4.35. The number of rotatable bonds is 6. The number of likely N-dealkylation sites (tertiary alicyclic amines) is 2. The van der Waals surface area contributed by atoms with Crippen LogP contribution in [0, 0.1) is 0 Å². The van der Waals surface area contributed by atoms with Gasteiger partial charge in [0.25, 0.3) is 0 Å². The minimum Gasteiger partial charge on any atom is -0.388 e. The molecule has 2 aliphatic heterocycles. The summed E-state index contributed by atoms with van der Waals surface area (Å²) in [7, 11) is 0. The van der Waals surface area contributed by atoms with Crippen LogP contribution in [0.25, 0.3) is 0 Å². The van der Waals surface area contributed by atoms with Crippen LogP contribution in [-0.4, -0.2) is 71.8 Å². The molecule has 0 radical (unpaired) electrons. The van der Waals surface area contributed by atoms with Crippen molar-refractivity contribution in [3.8, 4) is 0 Å². The zero-order valence-electron chi connectivity index (χ0n) is 14.6. The van der Waals surface area contributed by atoms with Crippen molar-refractivity contribution in [2.24, 2.45) is 4.99 Å². The first kappa shape index (κ1) is 17.5. The summed E-state index contributed by atoms with van der Waals surface area (Å²) >= 11 is 0. The van der Waals surface area contributed by atoms with Crippen molar-refractivity contribution in [1.82, 2.24) is 15.1 Å². The van der Waals surface area contributed by atoms with E-state index in [0.29, 0.717) is 12.6 Å². The average molecular weight is 310 g/mol. The van der Waals surface area contributed by atoms with E-state index >= 15 is 0 Å². The summed E-state index contributed by atoms with van der Waals surface area (Å²) < 4.78 is 0. The minimum absolute atomic E-state index is 0.493. The predicted molar refractivity (Wildman–Crippen MR) is 92.3 cm³/mol. The van der Waals surface area contributed by atoms with E-state index in [4.69, 9.17) is 4.99 Å². The molecule has 5 nitrogen and oxygen atoms in total. The second-order valence-corrected chi connectivity index (χ2v) is 6.73. The van der Waals surface area contributed by atoms with E-state index < -0.39 is 5.60 Å². The molecule has 0 spiro atoms. The number of aliphatic imine (C=N–C) groups is 1. The molecular formula is C17H34N4O. The van der Waals surface area contributed by atoms with E-state index in [-0.39, 0.29) is 0 Å². The van der Waals surface area contributed by atoms with Crippen LogP contribution in [0.5, 0.6) is 0 Å². The Kier molecular flexibility index (Phi) is 6.50. The monoisotopic (exact) mass is 310 g/mol. The number of aliphatic hydroxyl groups is 1. The lowest BCUT2D eigenvalue weighted by Gasteiger charge is -2.27.